The second kappa shape index (κ2) is 9.82. The Balaban J connectivity index is 1.85. The number of nitrogens with one attached hydrogen (secondary N) is 2. The topological polar surface area (TPSA) is 67.8 Å². The highest BCUT2D eigenvalue weighted by molar-refractivity contribution is 5.79. The second-order valence-corrected chi connectivity index (χ2v) is 6.00. The van der Waals surface area contributed by atoms with Crippen molar-refractivity contribution in [2.24, 2.45) is 4.99 Å². The molecule has 0 aliphatic carbocycles. The highest BCUT2D eigenvalue weighted by atomic mass is 19.4. The lowest BCUT2D eigenvalue weighted by atomic mass is 10.1. The van der Waals surface area contributed by atoms with E-state index >= 15 is 0 Å². The molecule has 152 valence electrons. The first kappa shape index (κ1) is 21.3. The number of rotatable bonds is 7. The van der Waals surface area contributed by atoms with Crippen LogP contribution in [0.4, 0.5) is 13.2 Å². The number of aliphatic imine (C=N–C) groups is 1. The van der Waals surface area contributed by atoms with Gasteiger partial charge >= 0.3 is 6.18 Å². The number of halogens is 3. The van der Waals surface area contributed by atoms with Crippen LogP contribution in [-0.4, -0.2) is 37.9 Å². The van der Waals surface area contributed by atoms with Crippen molar-refractivity contribution in [3.8, 4) is 11.6 Å². The van der Waals surface area contributed by atoms with Gasteiger partial charge in [-0.1, -0.05) is 18.2 Å². The Hall–Kier alpha value is -2.97. The quantitative estimate of drug-likeness (QED) is 0.556. The Morgan fingerprint density at radius 1 is 1.14 bits per heavy atom. The molecule has 0 bridgehead atoms. The van der Waals surface area contributed by atoms with Crippen LogP contribution < -0.4 is 20.1 Å². The Bertz CT molecular complexity index is 793. The summed E-state index contributed by atoms with van der Waals surface area (Å²) in [6.45, 7) is 1.55. The summed E-state index contributed by atoms with van der Waals surface area (Å²) in [4.78, 5) is 8.02. The Labute approximate surface area is 161 Å². The van der Waals surface area contributed by atoms with Crippen molar-refractivity contribution in [1.29, 1.82) is 0 Å². The highest BCUT2D eigenvalue weighted by Gasteiger charge is 2.28. The fraction of sp³-hybridized carbons (Fsp3) is 0.368. The zero-order valence-electron chi connectivity index (χ0n) is 15.9. The summed E-state index contributed by atoms with van der Waals surface area (Å²) in [7, 11) is 3.27. The van der Waals surface area contributed by atoms with Crippen molar-refractivity contribution in [3.05, 3.63) is 53.2 Å². The Kier molecular flexibility index (Phi) is 7.48. The molecule has 0 radical (unpaired) electrons. The lowest BCUT2D eigenvalue weighted by Crippen LogP contribution is -2.36. The molecule has 1 aromatic heterocycles. The van der Waals surface area contributed by atoms with E-state index < -0.39 is 12.8 Å². The van der Waals surface area contributed by atoms with E-state index in [1.54, 1.807) is 20.2 Å². The summed E-state index contributed by atoms with van der Waals surface area (Å²) in [6, 6.07) is 8.99. The van der Waals surface area contributed by atoms with Gasteiger partial charge in [0.1, 0.15) is 5.75 Å². The lowest BCUT2D eigenvalue weighted by Gasteiger charge is -2.14. The summed E-state index contributed by atoms with van der Waals surface area (Å²) in [5, 5.41) is 6.31. The van der Waals surface area contributed by atoms with E-state index in [-0.39, 0.29) is 5.88 Å². The molecule has 1 aromatic carbocycles. The van der Waals surface area contributed by atoms with Gasteiger partial charge < -0.3 is 20.1 Å². The van der Waals surface area contributed by atoms with Crippen molar-refractivity contribution in [2.75, 3.05) is 20.8 Å². The minimum absolute atomic E-state index is 0.0740. The van der Waals surface area contributed by atoms with Gasteiger partial charge in [0.15, 0.2) is 12.6 Å². The third kappa shape index (κ3) is 6.98. The van der Waals surface area contributed by atoms with E-state index in [0.717, 1.165) is 22.4 Å². The Morgan fingerprint density at radius 3 is 2.50 bits per heavy atom. The third-order valence-corrected chi connectivity index (χ3v) is 3.75. The summed E-state index contributed by atoms with van der Waals surface area (Å²) >= 11 is 0. The summed E-state index contributed by atoms with van der Waals surface area (Å²) < 4.78 is 46.4. The molecule has 2 N–H and O–H groups in total. The molecular weight excluding hydrogens is 373 g/mol. The van der Waals surface area contributed by atoms with E-state index in [0.29, 0.717) is 19.0 Å². The van der Waals surface area contributed by atoms with Crippen molar-refractivity contribution in [3.63, 3.8) is 0 Å². The second-order valence-electron chi connectivity index (χ2n) is 6.00. The van der Waals surface area contributed by atoms with E-state index in [9.17, 15) is 13.2 Å². The van der Waals surface area contributed by atoms with Gasteiger partial charge in [0.05, 0.1) is 7.11 Å². The molecule has 0 aliphatic heterocycles. The first-order chi connectivity index (χ1) is 13.3. The van der Waals surface area contributed by atoms with Crippen LogP contribution in [0.1, 0.15) is 16.7 Å². The number of nitrogens with zero attached hydrogens (tertiary/aromatic N) is 2. The zero-order valence-corrected chi connectivity index (χ0v) is 15.9. The maximum absolute atomic E-state index is 12.1. The summed E-state index contributed by atoms with van der Waals surface area (Å²) in [6.07, 6.45) is -2.94. The molecule has 9 heteroatoms. The standard InChI is InChI=1S/C19H23F3N4O2/c1-13-4-6-15(16(8-13)27-3)11-26-18(23-2)25-10-14-5-7-17(24-9-14)28-12-19(20,21)22/h4-9H,10-12H2,1-3H3,(H2,23,25,26). The van der Waals surface area contributed by atoms with Crippen LogP contribution in [0.3, 0.4) is 0 Å². The molecule has 0 saturated carbocycles. The van der Waals surface area contributed by atoms with Crippen molar-refractivity contribution in [1.82, 2.24) is 15.6 Å². The van der Waals surface area contributed by atoms with Crippen LogP contribution in [0.25, 0.3) is 0 Å². The molecule has 0 spiro atoms. The average Bonchev–Trinajstić information content (AvgIpc) is 2.67. The number of methoxy groups -OCH3 is 1. The number of aromatic nitrogens is 1. The first-order valence-electron chi connectivity index (χ1n) is 8.53. The molecule has 0 unspecified atom stereocenters. The fourth-order valence-corrected chi connectivity index (χ4v) is 2.34. The Morgan fingerprint density at radius 2 is 1.89 bits per heavy atom. The third-order valence-electron chi connectivity index (χ3n) is 3.75. The molecule has 2 rings (SSSR count). The highest BCUT2D eigenvalue weighted by Crippen LogP contribution is 2.19. The molecule has 6 nitrogen and oxygen atoms in total. The number of hydrogen-bond acceptors (Lipinski definition) is 4. The number of benzene rings is 1. The number of aryl methyl sites for hydroxylation is 1. The molecule has 0 aliphatic rings. The number of ether oxygens (including phenoxy) is 2. The lowest BCUT2D eigenvalue weighted by molar-refractivity contribution is -0.154. The van der Waals surface area contributed by atoms with Gasteiger partial charge in [-0.05, 0) is 24.1 Å². The SMILES string of the molecule is CN=C(NCc1ccc(OCC(F)(F)F)nc1)NCc1ccc(C)cc1OC. The first-order valence-corrected chi connectivity index (χ1v) is 8.53. The minimum atomic E-state index is -4.39. The van der Waals surface area contributed by atoms with Gasteiger partial charge in [-0.2, -0.15) is 13.2 Å². The van der Waals surface area contributed by atoms with Crippen LogP contribution in [0.2, 0.25) is 0 Å². The van der Waals surface area contributed by atoms with Gasteiger partial charge in [-0.3, -0.25) is 4.99 Å². The molecule has 2 aromatic rings. The van der Waals surface area contributed by atoms with Crippen LogP contribution in [0.15, 0.2) is 41.5 Å². The van der Waals surface area contributed by atoms with E-state index in [4.69, 9.17) is 4.74 Å². The maximum Gasteiger partial charge on any atom is 0.422 e. The molecule has 28 heavy (non-hydrogen) atoms. The number of alkyl halides is 3. The smallest absolute Gasteiger partial charge is 0.422 e. The van der Waals surface area contributed by atoms with Gasteiger partial charge in [-0.25, -0.2) is 4.98 Å². The zero-order chi connectivity index (χ0) is 20.6. The van der Waals surface area contributed by atoms with Crippen LogP contribution in [0, 0.1) is 6.92 Å². The minimum Gasteiger partial charge on any atom is -0.496 e. The molecule has 1 heterocycles. The maximum atomic E-state index is 12.1. The van der Waals surface area contributed by atoms with Crippen LogP contribution in [0.5, 0.6) is 11.6 Å². The number of pyridine rings is 1. The number of hydrogen-bond donors (Lipinski definition) is 2. The molecular formula is C19H23F3N4O2. The van der Waals surface area contributed by atoms with E-state index in [2.05, 4.69) is 25.3 Å². The van der Waals surface area contributed by atoms with Crippen LogP contribution in [-0.2, 0) is 13.1 Å². The monoisotopic (exact) mass is 396 g/mol. The number of guanidine groups is 1. The predicted molar refractivity (Wildman–Crippen MR) is 101 cm³/mol. The normalized spacial score (nSPS) is 11.9. The summed E-state index contributed by atoms with van der Waals surface area (Å²) in [5.41, 5.74) is 2.87. The predicted octanol–water partition coefficient (Wildman–Crippen LogP) is 3.20. The molecule has 0 saturated heterocycles. The van der Waals surface area contributed by atoms with Crippen molar-refractivity contribution >= 4 is 5.96 Å². The van der Waals surface area contributed by atoms with Crippen molar-refractivity contribution < 1.29 is 22.6 Å². The van der Waals surface area contributed by atoms with Crippen molar-refractivity contribution in [2.45, 2.75) is 26.2 Å². The summed E-state index contributed by atoms with van der Waals surface area (Å²) in [5.74, 6) is 1.29. The van der Waals surface area contributed by atoms with Gasteiger partial charge in [0.25, 0.3) is 0 Å². The van der Waals surface area contributed by atoms with Gasteiger partial charge in [0.2, 0.25) is 5.88 Å². The fourth-order valence-electron chi connectivity index (χ4n) is 2.34. The average molecular weight is 396 g/mol. The molecule has 0 amide bonds. The van der Waals surface area contributed by atoms with E-state index in [1.165, 1.54) is 12.3 Å². The van der Waals surface area contributed by atoms with Crippen LogP contribution >= 0.6 is 0 Å². The van der Waals surface area contributed by atoms with Gasteiger partial charge in [0, 0.05) is 38.0 Å². The largest absolute Gasteiger partial charge is 0.496 e. The van der Waals surface area contributed by atoms with E-state index in [1.807, 2.05) is 25.1 Å². The molecule has 0 fully saturated rings. The van der Waals surface area contributed by atoms with Gasteiger partial charge in [-0.15, -0.1) is 0 Å². The molecule has 0 atom stereocenters.